The molecule has 0 saturated carbocycles. The molecule has 1 N–H and O–H groups in total. The van der Waals surface area contributed by atoms with Crippen molar-refractivity contribution in [3.8, 4) is 0 Å². The van der Waals surface area contributed by atoms with Crippen LogP contribution in [0.3, 0.4) is 0 Å². The van der Waals surface area contributed by atoms with Crippen molar-refractivity contribution in [3.63, 3.8) is 0 Å². The number of anilines is 1. The van der Waals surface area contributed by atoms with Gasteiger partial charge in [0.05, 0.1) is 11.9 Å². The predicted molar refractivity (Wildman–Crippen MR) is 128 cm³/mol. The molecule has 0 fully saturated rings. The second-order valence-corrected chi connectivity index (χ2v) is 9.75. The summed E-state index contributed by atoms with van der Waals surface area (Å²) in [6.45, 7) is 5.38. The van der Waals surface area contributed by atoms with Gasteiger partial charge in [-0.15, -0.1) is 0 Å². The van der Waals surface area contributed by atoms with E-state index in [0.29, 0.717) is 29.2 Å². The zero-order valence-electron chi connectivity index (χ0n) is 18.8. The van der Waals surface area contributed by atoms with Crippen LogP contribution in [0.2, 0.25) is 5.02 Å². The van der Waals surface area contributed by atoms with E-state index in [-0.39, 0.29) is 12.5 Å². The van der Waals surface area contributed by atoms with E-state index in [2.05, 4.69) is 5.32 Å². The average Bonchev–Trinajstić information content (AvgIpc) is 2.75. The molecule has 0 spiro atoms. The van der Waals surface area contributed by atoms with Crippen LogP contribution >= 0.6 is 11.6 Å². The second-order valence-electron chi connectivity index (χ2n) is 7.44. The third kappa shape index (κ3) is 6.46. The van der Waals surface area contributed by atoms with Gasteiger partial charge in [-0.1, -0.05) is 54.9 Å². The van der Waals surface area contributed by atoms with Gasteiger partial charge in [-0.3, -0.25) is 13.9 Å². The molecule has 9 heteroatoms. The summed E-state index contributed by atoms with van der Waals surface area (Å²) in [7, 11) is -3.76. The van der Waals surface area contributed by atoms with E-state index in [1.807, 2.05) is 19.1 Å². The Morgan fingerprint density at radius 3 is 2.19 bits per heavy atom. The average molecular weight is 480 g/mol. The molecule has 1 atom stereocenters. The molecule has 7 nitrogen and oxygen atoms in total. The van der Waals surface area contributed by atoms with E-state index >= 15 is 0 Å². The van der Waals surface area contributed by atoms with Gasteiger partial charge in [0.2, 0.25) is 21.8 Å². The molecule has 2 rings (SSSR count). The Bertz CT molecular complexity index is 1060. The van der Waals surface area contributed by atoms with Crippen LogP contribution in [-0.4, -0.2) is 50.5 Å². The van der Waals surface area contributed by atoms with E-state index in [4.69, 9.17) is 11.6 Å². The topological polar surface area (TPSA) is 86.8 Å². The number of sulfonamides is 1. The number of halogens is 1. The first-order valence-electron chi connectivity index (χ1n) is 10.5. The van der Waals surface area contributed by atoms with Gasteiger partial charge in [0.15, 0.2) is 0 Å². The Morgan fingerprint density at radius 2 is 1.62 bits per heavy atom. The summed E-state index contributed by atoms with van der Waals surface area (Å²) in [6.07, 6.45) is 1.67. The van der Waals surface area contributed by atoms with Crippen LogP contribution in [0.5, 0.6) is 0 Å². The highest BCUT2D eigenvalue weighted by atomic mass is 35.5. The molecule has 0 aliphatic carbocycles. The lowest BCUT2D eigenvalue weighted by molar-refractivity contribution is -0.139. The van der Waals surface area contributed by atoms with Crippen LogP contribution in [0.1, 0.15) is 31.9 Å². The molecule has 0 aliphatic rings. The molecule has 0 aromatic heterocycles. The van der Waals surface area contributed by atoms with Crippen molar-refractivity contribution in [1.82, 2.24) is 10.2 Å². The third-order valence-electron chi connectivity index (χ3n) is 5.14. The minimum atomic E-state index is -3.76. The van der Waals surface area contributed by atoms with E-state index < -0.39 is 28.5 Å². The molecule has 1 unspecified atom stereocenters. The summed E-state index contributed by atoms with van der Waals surface area (Å²) in [4.78, 5) is 27.3. The molecule has 174 valence electrons. The molecule has 32 heavy (non-hydrogen) atoms. The van der Waals surface area contributed by atoms with E-state index in [9.17, 15) is 18.0 Å². The van der Waals surface area contributed by atoms with E-state index in [0.717, 1.165) is 16.1 Å². The van der Waals surface area contributed by atoms with Crippen LogP contribution in [0.15, 0.2) is 48.5 Å². The van der Waals surface area contributed by atoms with Gasteiger partial charge in [-0.2, -0.15) is 0 Å². The first-order valence-corrected chi connectivity index (χ1v) is 12.7. The lowest BCUT2D eigenvalue weighted by Crippen LogP contribution is -2.51. The molecular weight excluding hydrogens is 450 g/mol. The van der Waals surface area contributed by atoms with Crippen molar-refractivity contribution in [2.75, 3.05) is 23.7 Å². The summed E-state index contributed by atoms with van der Waals surface area (Å²) >= 11 is 6.29. The fourth-order valence-corrected chi connectivity index (χ4v) is 4.44. The van der Waals surface area contributed by atoms with Crippen molar-refractivity contribution in [2.24, 2.45) is 0 Å². The van der Waals surface area contributed by atoms with Crippen LogP contribution < -0.4 is 9.62 Å². The second kappa shape index (κ2) is 11.3. The van der Waals surface area contributed by atoms with Crippen LogP contribution in [0.25, 0.3) is 0 Å². The number of carbonyl (C=O) groups is 2. The Balaban J connectivity index is 2.44. The zero-order valence-corrected chi connectivity index (χ0v) is 20.4. The maximum atomic E-state index is 13.4. The van der Waals surface area contributed by atoms with Gasteiger partial charge in [0, 0.05) is 18.1 Å². The Labute approximate surface area is 195 Å². The number of amides is 2. The molecule has 0 bridgehead atoms. The van der Waals surface area contributed by atoms with Gasteiger partial charge < -0.3 is 10.2 Å². The number of hydrogen-bond acceptors (Lipinski definition) is 4. The number of rotatable bonds is 10. The van der Waals surface area contributed by atoms with Gasteiger partial charge in [0.1, 0.15) is 12.6 Å². The van der Waals surface area contributed by atoms with E-state index in [1.54, 1.807) is 50.2 Å². The standard InChI is InChI=1S/C23H30ClN3O4S/c1-5-18-11-8-10-14-21(18)27(32(4,30)31)16-22(28)26(17(3)23(29)25-6-2)15-19-12-7-9-13-20(19)24/h7-14,17H,5-6,15-16H2,1-4H3,(H,25,29). The molecule has 2 aromatic carbocycles. The minimum absolute atomic E-state index is 0.0732. The lowest BCUT2D eigenvalue weighted by atomic mass is 10.1. The number of benzene rings is 2. The summed E-state index contributed by atoms with van der Waals surface area (Å²) in [5.74, 6) is -0.826. The van der Waals surface area contributed by atoms with E-state index in [1.165, 1.54) is 4.90 Å². The minimum Gasteiger partial charge on any atom is -0.355 e. The van der Waals surface area contributed by atoms with Gasteiger partial charge in [-0.25, -0.2) is 8.42 Å². The Hall–Kier alpha value is -2.58. The SMILES string of the molecule is CCNC(=O)C(C)N(Cc1ccccc1Cl)C(=O)CN(c1ccccc1CC)S(C)(=O)=O. The summed E-state index contributed by atoms with van der Waals surface area (Å²) in [5.41, 5.74) is 1.92. The highest BCUT2D eigenvalue weighted by Gasteiger charge is 2.30. The lowest BCUT2D eigenvalue weighted by Gasteiger charge is -2.32. The van der Waals surface area contributed by atoms with Crippen molar-refractivity contribution in [1.29, 1.82) is 0 Å². The van der Waals surface area contributed by atoms with Crippen LogP contribution in [0.4, 0.5) is 5.69 Å². The number of para-hydroxylation sites is 1. The molecular formula is C23H30ClN3O4S. The smallest absolute Gasteiger partial charge is 0.244 e. The number of nitrogens with zero attached hydrogens (tertiary/aromatic N) is 2. The molecule has 2 amide bonds. The highest BCUT2D eigenvalue weighted by Crippen LogP contribution is 2.24. The molecule has 0 radical (unpaired) electrons. The molecule has 0 aliphatic heterocycles. The largest absolute Gasteiger partial charge is 0.355 e. The first-order chi connectivity index (χ1) is 15.1. The number of hydrogen-bond donors (Lipinski definition) is 1. The molecule has 0 saturated heterocycles. The van der Waals surface area contributed by atoms with Crippen molar-refractivity contribution >= 4 is 39.1 Å². The van der Waals surface area contributed by atoms with Crippen molar-refractivity contribution < 1.29 is 18.0 Å². The normalized spacial score (nSPS) is 12.2. The van der Waals surface area contributed by atoms with Gasteiger partial charge in [0.25, 0.3) is 0 Å². The predicted octanol–water partition coefficient (Wildman–Crippen LogP) is 3.22. The zero-order chi connectivity index (χ0) is 23.9. The quantitative estimate of drug-likeness (QED) is 0.566. The maximum Gasteiger partial charge on any atom is 0.244 e. The van der Waals surface area contributed by atoms with Gasteiger partial charge in [-0.05, 0) is 43.5 Å². The van der Waals surface area contributed by atoms with Crippen LogP contribution in [-0.2, 0) is 32.6 Å². The molecule has 2 aromatic rings. The summed E-state index contributed by atoms with van der Waals surface area (Å²) in [5, 5.41) is 3.18. The fourth-order valence-electron chi connectivity index (χ4n) is 3.36. The Morgan fingerprint density at radius 1 is 1.03 bits per heavy atom. The number of aryl methyl sites for hydroxylation is 1. The highest BCUT2D eigenvalue weighted by molar-refractivity contribution is 7.92. The van der Waals surface area contributed by atoms with Gasteiger partial charge >= 0.3 is 0 Å². The van der Waals surface area contributed by atoms with Crippen molar-refractivity contribution in [3.05, 3.63) is 64.7 Å². The Kier molecular flexibility index (Phi) is 9.09. The van der Waals surface area contributed by atoms with Crippen molar-refractivity contribution in [2.45, 2.75) is 39.8 Å². The summed E-state index contributed by atoms with van der Waals surface area (Å²) < 4.78 is 26.4. The monoisotopic (exact) mass is 479 g/mol. The van der Waals surface area contributed by atoms with Crippen LogP contribution in [0, 0.1) is 0 Å². The number of carbonyl (C=O) groups excluding carboxylic acids is 2. The third-order valence-corrected chi connectivity index (χ3v) is 6.63. The fraction of sp³-hybridized carbons (Fsp3) is 0.391. The number of nitrogens with one attached hydrogen (secondary N) is 1. The molecule has 0 heterocycles. The summed E-state index contributed by atoms with van der Waals surface area (Å²) in [6, 6.07) is 13.3. The maximum absolute atomic E-state index is 13.4. The number of likely N-dealkylation sites (N-methyl/N-ethyl adjacent to an activating group) is 1. The first kappa shape index (κ1) is 25.7.